The third-order valence-corrected chi connectivity index (χ3v) is 7.77. The summed E-state index contributed by atoms with van der Waals surface area (Å²) in [6, 6.07) is 4.88. The summed E-state index contributed by atoms with van der Waals surface area (Å²) in [5, 5.41) is 3.18. The normalized spacial score (nSPS) is 21.8. The van der Waals surface area contributed by atoms with Crippen LogP contribution in [0, 0.1) is 5.82 Å². The van der Waals surface area contributed by atoms with E-state index >= 15 is 0 Å². The highest BCUT2D eigenvalue weighted by molar-refractivity contribution is 7.89. The van der Waals surface area contributed by atoms with Crippen LogP contribution in [0.1, 0.15) is 45.4 Å². The summed E-state index contributed by atoms with van der Waals surface area (Å²) in [5.74, 6) is -0.431. The zero-order valence-corrected chi connectivity index (χ0v) is 17.3. The van der Waals surface area contributed by atoms with Crippen molar-refractivity contribution in [2.24, 2.45) is 0 Å². The molecule has 1 aromatic carbocycles. The van der Waals surface area contributed by atoms with E-state index in [1.807, 2.05) is 11.8 Å². The molecular formula is C20H30FN3O3S. The van der Waals surface area contributed by atoms with Crippen molar-refractivity contribution in [2.75, 3.05) is 26.2 Å². The molecule has 1 saturated carbocycles. The average Bonchev–Trinajstić information content (AvgIpc) is 2.96. The molecule has 2 aliphatic rings. The smallest absolute Gasteiger partial charge is 0.243 e. The number of halogens is 1. The van der Waals surface area contributed by atoms with Crippen molar-refractivity contribution in [2.45, 2.75) is 62.4 Å². The van der Waals surface area contributed by atoms with Gasteiger partial charge in [-0.2, -0.15) is 4.31 Å². The van der Waals surface area contributed by atoms with E-state index in [-0.39, 0.29) is 22.9 Å². The number of nitrogens with zero attached hydrogens (tertiary/aromatic N) is 2. The van der Waals surface area contributed by atoms with Gasteiger partial charge < -0.3 is 5.32 Å². The zero-order chi connectivity index (χ0) is 20.1. The van der Waals surface area contributed by atoms with Gasteiger partial charge in [0.05, 0.1) is 10.9 Å². The van der Waals surface area contributed by atoms with Crippen LogP contribution in [0.15, 0.2) is 29.2 Å². The topological polar surface area (TPSA) is 69.7 Å². The van der Waals surface area contributed by atoms with Crippen molar-refractivity contribution in [3.63, 3.8) is 0 Å². The van der Waals surface area contributed by atoms with E-state index < -0.39 is 15.8 Å². The maximum atomic E-state index is 13.1. The Bertz CT molecular complexity index is 753. The van der Waals surface area contributed by atoms with Crippen LogP contribution in [-0.2, 0) is 14.8 Å². The summed E-state index contributed by atoms with van der Waals surface area (Å²) in [6.07, 6.45) is 6.90. The third kappa shape index (κ3) is 5.10. The third-order valence-electron chi connectivity index (χ3n) is 5.85. The number of rotatable bonds is 5. The first-order chi connectivity index (χ1) is 13.4. The van der Waals surface area contributed by atoms with Crippen LogP contribution in [0.4, 0.5) is 4.39 Å². The summed E-state index contributed by atoms with van der Waals surface area (Å²) in [7, 11) is -3.64. The molecule has 1 heterocycles. The molecule has 28 heavy (non-hydrogen) atoms. The summed E-state index contributed by atoms with van der Waals surface area (Å²) in [4.78, 5) is 14.8. The van der Waals surface area contributed by atoms with Crippen molar-refractivity contribution >= 4 is 15.9 Å². The van der Waals surface area contributed by atoms with Crippen LogP contribution in [0.5, 0.6) is 0 Å². The molecular weight excluding hydrogens is 381 g/mol. The van der Waals surface area contributed by atoms with Crippen LogP contribution in [-0.4, -0.2) is 61.8 Å². The monoisotopic (exact) mass is 411 g/mol. The Labute approximate surface area is 167 Å². The van der Waals surface area contributed by atoms with Crippen LogP contribution < -0.4 is 5.32 Å². The molecule has 1 amide bonds. The average molecular weight is 412 g/mol. The number of carbonyl (C=O) groups excluding carboxylic acids is 1. The van der Waals surface area contributed by atoms with Gasteiger partial charge in [-0.15, -0.1) is 0 Å². The Morgan fingerprint density at radius 1 is 1.04 bits per heavy atom. The van der Waals surface area contributed by atoms with Gasteiger partial charge in [-0.25, -0.2) is 12.8 Å². The van der Waals surface area contributed by atoms with Crippen molar-refractivity contribution in [1.82, 2.24) is 14.5 Å². The number of amides is 1. The molecule has 1 N–H and O–H groups in total. The van der Waals surface area contributed by atoms with Crippen LogP contribution in [0.2, 0.25) is 0 Å². The quantitative estimate of drug-likeness (QED) is 0.756. The van der Waals surface area contributed by atoms with E-state index in [1.54, 1.807) is 0 Å². The molecule has 8 heteroatoms. The van der Waals surface area contributed by atoms with Crippen LogP contribution in [0.25, 0.3) is 0 Å². The fourth-order valence-corrected chi connectivity index (χ4v) is 5.42. The lowest BCUT2D eigenvalue weighted by atomic mass is 10.1. The number of carbonyl (C=O) groups is 1. The molecule has 1 aromatic rings. The maximum absolute atomic E-state index is 13.1. The SMILES string of the molecule is CC(C(=O)NC1CCCCCC1)N1CCN(S(=O)(=O)c2ccc(F)cc2)CC1. The molecule has 1 atom stereocenters. The van der Waals surface area contributed by atoms with Gasteiger partial charge in [0.1, 0.15) is 5.82 Å². The molecule has 1 unspecified atom stereocenters. The van der Waals surface area contributed by atoms with E-state index in [9.17, 15) is 17.6 Å². The Hall–Kier alpha value is -1.51. The lowest BCUT2D eigenvalue weighted by molar-refractivity contribution is -0.127. The Kier molecular flexibility index (Phi) is 7.06. The molecule has 1 saturated heterocycles. The number of hydrogen-bond acceptors (Lipinski definition) is 4. The van der Waals surface area contributed by atoms with E-state index in [0.717, 1.165) is 25.0 Å². The number of sulfonamides is 1. The predicted molar refractivity (Wildman–Crippen MR) is 106 cm³/mol. The van der Waals surface area contributed by atoms with E-state index in [1.165, 1.54) is 42.1 Å². The van der Waals surface area contributed by atoms with Crippen molar-refractivity contribution in [3.8, 4) is 0 Å². The van der Waals surface area contributed by atoms with Gasteiger partial charge in [0, 0.05) is 32.2 Å². The van der Waals surface area contributed by atoms with Crippen molar-refractivity contribution in [3.05, 3.63) is 30.1 Å². The van der Waals surface area contributed by atoms with Crippen LogP contribution >= 0.6 is 0 Å². The summed E-state index contributed by atoms with van der Waals surface area (Å²) in [6.45, 7) is 3.52. The summed E-state index contributed by atoms with van der Waals surface area (Å²) < 4.78 is 39.9. The minimum Gasteiger partial charge on any atom is -0.352 e. The second kappa shape index (κ2) is 9.33. The van der Waals surface area contributed by atoms with Crippen LogP contribution in [0.3, 0.4) is 0 Å². The molecule has 156 valence electrons. The molecule has 1 aliphatic heterocycles. The Balaban J connectivity index is 1.53. The Morgan fingerprint density at radius 2 is 1.61 bits per heavy atom. The minimum absolute atomic E-state index is 0.0294. The molecule has 0 radical (unpaired) electrons. The van der Waals surface area contributed by atoms with Gasteiger partial charge >= 0.3 is 0 Å². The van der Waals surface area contributed by atoms with Crippen molar-refractivity contribution < 1.29 is 17.6 Å². The number of nitrogens with one attached hydrogen (secondary N) is 1. The van der Waals surface area contributed by atoms with Gasteiger partial charge in [-0.1, -0.05) is 25.7 Å². The molecule has 3 rings (SSSR count). The minimum atomic E-state index is -3.64. The molecule has 2 fully saturated rings. The molecule has 1 aliphatic carbocycles. The van der Waals surface area contributed by atoms with E-state index in [0.29, 0.717) is 26.2 Å². The number of benzene rings is 1. The fourth-order valence-electron chi connectivity index (χ4n) is 4.00. The van der Waals surface area contributed by atoms with E-state index in [4.69, 9.17) is 0 Å². The fraction of sp³-hybridized carbons (Fsp3) is 0.650. The van der Waals surface area contributed by atoms with Crippen molar-refractivity contribution in [1.29, 1.82) is 0 Å². The molecule has 6 nitrogen and oxygen atoms in total. The molecule has 0 spiro atoms. The maximum Gasteiger partial charge on any atom is 0.243 e. The predicted octanol–water partition coefficient (Wildman–Crippen LogP) is 2.36. The number of piperazine rings is 1. The Morgan fingerprint density at radius 3 is 2.18 bits per heavy atom. The van der Waals surface area contributed by atoms with Gasteiger partial charge in [-0.3, -0.25) is 9.69 Å². The second-order valence-electron chi connectivity index (χ2n) is 7.77. The first-order valence-corrected chi connectivity index (χ1v) is 11.6. The first kappa shape index (κ1) is 21.2. The highest BCUT2D eigenvalue weighted by Gasteiger charge is 2.32. The van der Waals surface area contributed by atoms with Gasteiger partial charge in [-0.05, 0) is 44.0 Å². The molecule has 0 bridgehead atoms. The van der Waals surface area contributed by atoms with Gasteiger partial charge in [0.15, 0.2) is 0 Å². The number of hydrogen-bond donors (Lipinski definition) is 1. The van der Waals surface area contributed by atoms with Gasteiger partial charge in [0.2, 0.25) is 15.9 Å². The molecule has 0 aromatic heterocycles. The second-order valence-corrected chi connectivity index (χ2v) is 9.70. The first-order valence-electron chi connectivity index (χ1n) is 10.2. The lowest BCUT2D eigenvalue weighted by Gasteiger charge is -2.37. The van der Waals surface area contributed by atoms with E-state index in [2.05, 4.69) is 5.32 Å². The summed E-state index contributed by atoms with van der Waals surface area (Å²) >= 11 is 0. The highest BCUT2D eigenvalue weighted by Crippen LogP contribution is 2.20. The lowest BCUT2D eigenvalue weighted by Crippen LogP contribution is -2.55. The highest BCUT2D eigenvalue weighted by atomic mass is 32.2. The summed E-state index contributed by atoms with van der Waals surface area (Å²) in [5.41, 5.74) is 0. The largest absolute Gasteiger partial charge is 0.352 e. The zero-order valence-electron chi connectivity index (χ0n) is 16.4. The van der Waals surface area contributed by atoms with Gasteiger partial charge in [0.25, 0.3) is 0 Å². The standard InChI is InChI=1S/C20H30FN3O3S/c1-16(20(25)22-18-6-4-2-3-5-7-18)23-12-14-24(15-13-23)28(26,27)19-10-8-17(21)9-11-19/h8-11,16,18H,2-7,12-15H2,1H3,(H,22,25).